The Hall–Kier alpha value is -0.600. The molecule has 0 amide bonds. The highest BCUT2D eigenvalue weighted by molar-refractivity contribution is 6.31. The minimum Gasteiger partial charge on any atom is -0.313 e. The van der Waals surface area contributed by atoms with Crippen molar-refractivity contribution in [3.63, 3.8) is 0 Å². The van der Waals surface area contributed by atoms with Crippen LogP contribution in [0, 0.1) is 11.7 Å². The molecule has 0 aliphatic heterocycles. The molecule has 0 bridgehead atoms. The van der Waals surface area contributed by atoms with Crippen molar-refractivity contribution in [3.8, 4) is 0 Å². The van der Waals surface area contributed by atoms with Crippen molar-refractivity contribution in [3.05, 3.63) is 34.6 Å². The van der Waals surface area contributed by atoms with Crippen molar-refractivity contribution in [2.75, 3.05) is 7.05 Å². The molecule has 0 aromatic heterocycles. The summed E-state index contributed by atoms with van der Waals surface area (Å²) in [6.07, 6.45) is 3.76. The zero-order valence-electron chi connectivity index (χ0n) is 8.76. The summed E-state index contributed by atoms with van der Waals surface area (Å²) in [6, 6.07) is 4.92. The Kier molecular flexibility index (Phi) is 3.27. The molecular weight excluding hydrogens is 213 g/mol. The van der Waals surface area contributed by atoms with E-state index in [0.29, 0.717) is 10.9 Å². The van der Waals surface area contributed by atoms with Crippen molar-refractivity contribution in [2.45, 2.75) is 25.3 Å². The molecule has 1 N–H and O–H groups in total. The van der Waals surface area contributed by atoms with Crippen molar-refractivity contribution in [2.24, 2.45) is 5.92 Å². The molecule has 3 heteroatoms. The molecule has 1 nitrogen and oxygen atoms in total. The van der Waals surface area contributed by atoms with Crippen molar-refractivity contribution >= 4 is 11.6 Å². The highest BCUT2D eigenvalue weighted by atomic mass is 35.5. The van der Waals surface area contributed by atoms with Crippen LogP contribution >= 0.6 is 11.6 Å². The monoisotopic (exact) mass is 227 g/mol. The molecule has 0 radical (unpaired) electrons. The molecule has 1 atom stereocenters. The number of hydrogen-bond donors (Lipinski definition) is 1. The van der Waals surface area contributed by atoms with Gasteiger partial charge < -0.3 is 5.32 Å². The van der Waals surface area contributed by atoms with E-state index in [1.165, 1.54) is 31.4 Å². The molecule has 1 fully saturated rings. The van der Waals surface area contributed by atoms with Gasteiger partial charge >= 0.3 is 0 Å². The molecule has 1 saturated carbocycles. The molecule has 15 heavy (non-hydrogen) atoms. The van der Waals surface area contributed by atoms with Gasteiger partial charge in [0.05, 0.1) is 0 Å². The van der Waals surface area contributed by atoms with Gasteiger partial charge in [0.15, 0.2) is 0 Å². The number of nitrogens with one attached hydrogen (secondary N) is 1. The Morgan fingerprint density at radius 3 is 2.67 bits per heavy atom. The summed E-state index contributed by atoms with van der Waals surface area (Å²) in [7, 11) is 1.93. The molecule has 1 aliphatic carbocycles. The van der Waals surface area contributed by atoms with Crippen molar-refractivity contribution < 1.29 is 4.39 Å². The molecule has 0 heterocycles. The maximum absolute atomic E-state index is 12.9. The van der Waals surface area contributed by atoms with Crippen LogP contribution in [-0.2, 0) is 0 Å². The lowest BCUT2D eigenvalue weighted by atomic mass is 9.77. The van der Waals surface area contributed by atoms with E-state index in [2.05, 4.69) is 5.32 Å². The van der Waals surface area contributed by atoms with Crippen LogP contribution in [-0.4, -0.2) is 7.05 Å². The van der Waals surface area contributed by atoms with Gasteiger partial charge in [0.25, 0.3) is 0 Å². The first-order valence-corrected chi connectivity index (χ1v) is 5.72. The normalized spacial score (nSPS) is 18.6. The largest absolute Gasteiger partial charge is 0.313 e. The van der Waals surface area contributed by atoms with Crippen LogP contribution in [0.15, 0.2) is 18.2 Å². The van der Waals surface area contributed by atoms with Crippen molar-refractivity contribution in [1.82, 2.24) is 5.32 Å². The summed E-state index contributed by atoms with van der Waals surface area (Å²) >= 11 is 6.05. The summed E-state index contributed by atoms with van der Waals surface area (Å²) in [5.74, 6) is 0.380. The fourth-order valence-electron chi connectivity index (χ4n) is 2.17. The molecule has 1 unspecified atom stereocenters. The van der Waals surface area contributed by atoms with E-state index in [4.69, 9.17) is 11.6 Å². The van der Waals surface area contributed by atoms with E-state index in [1.54, 1.807) is 6.07 Å². The zero-order chi connectivity index (χ0) is 10.8. The van der Waals surface area contributed by atoms with Gasteiger partial charge in [0, 0.05) is 11.1 Å². The molecule has 1 aromatic rings. The van der Waals surface area contributed by atoms with Gasteiger partial charge in [-0.3, -0.25) is 0 Å². The highest BCUT2D eigenvalue weighted by Gasteiger charge is 2.28. The Labute approximate surface area is 94.6 Å². The third-order valence-corrected chi connectivity index (χ3v) is 3.56. The smallest absolute Gasteiger partial charge is 0.124 e. The van der Waals surface area contributed by atoms with E-state index in [0.717, 1.165) is 5.56 Å². The summed E-state index contributed by atoms with van der Waals surface area (Å²) in [4.78, 5) is 0. The second kappa shape index (κ2) is 4.50. The average molecular weight is 228 g/mol. The standard InChI is InChI=1S/C12H15ClFN/c1-15-12(8-3-2-4-8)10-6-5-9(14)7-11(10)13/h5-8,12,15H,2-4H2,1H3. The van der Waals surface area contributed by atoms with Crippen LogP contribution in [0.5, 0.6) is 0 Å². The molecule has 0 saturated heterocycles. The first-order chi connectivity index (χ1) is 7.22. The molecule has 1 aliphatic rings. The van der Waals surface area contributed by atoms with Crippen LogP contribution in [0.25, 0.3) is 0 Å². The molecule has 2 rings (SSSR count). The van der Waals surface area contributed by atoms with E-state index < -0.39 is 0 Å². The quantitative estimate of drug-likeness (QED) is 0.833. The van der Waals surface area contributed by atoms with Gasteiger partial charge in [-0.25, -0.2) is 4.39 Å². The number of hydrogen-bond acceptors (Lipinski definition) is 1. The van der Waals surface area contributed by atoms with E-state index in [-0.39, 0.29) is 11.9 Å². The van der Waals surface area contributed by atoms with Crippen LogP contribution in [0.3, 0.4) is 0 Å². The fourth-order valence-corrected chi connectivity index (χ4v) is 2.46. The Bertz CT molecular complexity index is 349. The first-order valence-electron chi connectivity index (χ1n) is 5.34. The van der Waals surface area contributed by atoms with Crippen LogP contribution in [0.4, 0.5) is 4.39 Å². The zero-order valence-corrected chi connectivity index (χ0v) is 9.52. The maximum atomic E-state index is 12.9. The second-order valence-corrected chi connectivity index (χ2v) is 4.53. The third-order valence-electron chi connectivity index (χ3n) is 3.23. The molecule has 1 aromatic carbocycles. The van der Waals surface area contributed by atoms with Crippen LogP contribution in [0.1, 0.15) is 30.9 Å². The summed E-state index contributed by atoms with van der Waals surface area (Å²) in [6.45, 7) is 0. The first kappa shape index (κ1) is 10.9. The number of rotatable bonds is 3. The third kappa shape index (κ3) is 2.16. The Morgan fingerprint density at radius 2 is 2.20 bits per heavy atom. The minimum atomic E-state index is -0.271. The fraction of sp³-hybridized carbons (Fsp3) is 0.500. The topological polar surface area (TPSA) is 12.0 Å². The van der Waals surface area contributed by atoms with E-state index in [9.17, 15) is 4.39 Å². The van der Waals surface area contributed by atoms with Crippen molar-refractivity contribution in [1.29, 1.82) is 0 Å². The Morgan fingerprint density at radius 1 is 1.47 bits per heavy atom. The molecule has 82 valence electrons. The van der Waals surface area contributed by atoms with Gasteiger partial charge in [-0.1, -0.05) is 24.1 Å². The maximum Gasteiger partial charge on any atom is 0.124 e. The van der Waals surface area contributed by atoms with Gasteiger partial charge in [0.1, 0.15) is 5.82 Å². The van der Waals surface area contributed by atoms with Crippen LogP contribution in [0.2, 0.25) is 5.02 Å². The van der Waals surface area contributed by atoms with Gasteiger partial charge in [-0.15, -0.1) is 0 Å². The SMILES string of the molecule is CNC(c1ccc(F)cc1Cl)C1CCC1. The van der Waals surface area contributed by atoms with E-state index >= 15 is 0 Å². The number of benzene rings is 1. The lowest BCUT2D eigenvalue weighted by Crippen LogP contribution is -2.30. The average Bonchev–Trinajstić information content (AvgIpc) is 2.12. The molecule has 0 spiro atoms. The highest BCUT2D eigenvalue weighted by Crippen LogP contribution is 2.39. The summed E-state index contributed by atoms with van der Waals surface area (Å²) < 4.78 is 12.9. The predicted molar refractivity (Wildman–Crippen MR) is 60.6 cm³/mol. The second-order valence-electron chi connectivity index (χ2n) is 4.12. The summed E-state index contributed by atoms with van der Waals surface area (Å²) in [5.41, 5.74) is 1.02. The van der Waals surface area contributed by atoms with Gasteiger partial charge in [-0.05, 0) is 43.5 Å². The predicted octanol–water partition coefficient (Wildman–Crippen LogP) is 3.54. The van der Waals surface area contributed by atoms with Gasteiger partial charge in [-0.2, -0.15) is 0 Å². The van der Waals surface area contributed by atoms with Gasteiger partial charge in [0.2, 0.25) is 0 Å². The Balaban J connectivity index is 2.25. The molecular formula is C12H15ClFN. The minimum absolute atomic E-state index is 0.270. The van der Waals surface area contributed by atoms with E-state index in [1.807, 2.05) is 7.05 Å². The lowest BCUT2D eigenvalue weighted by molar-refractivity contribution is 0.239. The number of halogens is 2. The lowest BCUT2D eigenvalue weighted by Gasteiger charge is -2.34. The van der Waals surface area contributed by atoms with Crippen LogP contribution < -0.4 is 5.32 Å². The summed E-state index contributed by atoms with van der Waals surface area (Å²) in [5, 5.41) is 3.80.